The van der Waals surface area contributed by atoms with Crippen molar-refractivity contribution in [3.05, 3.63) is 0 Å². The molecule has 0 aromatic rings. The van der Waals surface area contributed by atoms with Crippen molar-refractivity contribution in [2.24, 2.45) is 22.9 Å². The van der Waals surface area contributed by atoms with Crippen LogP contribution in [0, 0.1) is 17.8 Å². The minimum absolute atomic E-state index is 0.551. The fourth-order valence-electron chi connectivity index (χ4n) is 1.58. The quantitative estimate of drug-likeness (QED) is 0.612. The molecule has 0 radical (unpaired) electrons. The molecule has 3 atom stereocenters. The Hall–Kier alpha value is -0.530. The second kappa shape index (κ2) is 3.24. The number of nitrogens with zero attached hydrogens (tertiary/aromatic N) is 1. The van der Waals surface area contributed by atoms with Crippen molar-refractivity contribution in [1.29, 1.82) is 0 Å². The molecule has 0 fully saturated rings. The lowest BCUT2D eigenvalue weighted by molar-refractivity contribution is 0.257. The molecular weight excluding hydrogens is 136 g/mol. The van der Waals surface area contributed by atoms with Crippen LogP contribution in [0.5, 0.6) is 0 Å². The fraction of sp³-hybridized carbons (Fsp3) is 0.889. The summed E-state index contributed by atoms with van der Waals surface area (Å²) < 4.78 is 0. The summed E-state index contributed by atoms with van der Waals surface area (Å²) in [7, 11) is 0. The first-order valence-electron chi connectivity index (χ1n) is 4.41. The van der Waals surface area contributed by atoms with Gasteiger partial charge in [0.1, 0.15) is 0 Å². The Balaban J connectivity index is 2.62. The third-order valence-corrected chi connectivity index (χ3v) is 2.65. The molecule has 0 amide bonds. The van der Waals surface area contributed by atoms with Gasteiger partial charge in [-0.2, -0.15) is 5.10 Å². The maximum absolute atomic E-state index is 4.14. The number of hydrogen-bond donors (Lipinski definition) is 1. The number of hydrazone groups is 1. The van der Waals surface area contributed by atoms with E-state index in [1.54, 1.807) is 0 Å². The maximum atomic E-state index is 4.14. The van der Waals surface area contributed by atoms with E-state index in [0.29, 0.717) is 23.8 Å². The highest BCUT2D eigenvalue weighted by molar-refractivity contribution is 5.61. The smallest absolute Gasteiger partial charge is 0.0494 e. The van der Waals surface area contributed by atoms with Gasteiger partial charge < -0.3 is 5.43 Å². The number of nitrogens with one attached hydrogen (secondary N) is 1. The van der Waals surface area contributed by atoms with Crippen LogP contribution in [0.25, 0.3) is 0 Å². The van der Waals surface area contributed by atoms with Gasteiger partial charge in [0.05, 0.1) is 0 Å². The molecule has 2 heteroatoms. The summed E-state index contributed by atoms with van der Waals surface area (Å²) in [6.45, 7) is 8.99. The predicted octanol–water partition coefficient (Wildman–Crippen LogP) is 1.87. The summed E-state index contributed by atoms with van der Waals surface area (Å²) >= 11 is 0. The standard InChI is InChI=1S/C9H18N2/c1-6(2)9-8(4)7(3)5-10-11-9/h5-9,11H,1-4H3/t7?,8-,9?/m0/s1. The molecule has 0 saturated carbocycles. The van der Waals surface area contributed by atoms with Crippen molar-refractivity contribution < 1.29 is 0 Å². The summed E-state index contributed by atoms with van der Waals surface area (Å²) in [5.41, 5.74) is 3.17. The monoisotopic (exact) mass is 154 g/mol. The largest absolute Gasteiger partial charge is 0.307 e. The molecule has 1 aliphatic heterocycles. The first-order valence-corrected chi connectivity index (χ1v) is 4.41. The SMILES string of the molecule is CC(C)C1NN=CC(C)[C@@H]1C. The molecule has 64 valence electrons. The second-order valence-corrected chi connectivity index (χ2v) is 3.90. The molecule has 0 saturated heterocycles. The van der Waals surface area contributed by atoms with Gasteiger partial charge in [0.25, 0.3) is 0 Å². The third-order valence-electron chi connectivity index (χ3n) is 2.65. The highest BCUT2D eigenvalue weighted by Crippen LogP contribution is 2.21. The Morgan fingerprint density at radius 2 is 2.00 bits per heavy atom. The number of rotatable bonds is 1. The fourth-order valence-corrected chi connectivity index (χ4v) is 1.58. The highest BCUT2D eigenvalue weighted by Gasteiger charge is 2.26. The van der Waals surface area contributed by atoms with Crippen LogP contribution in [-0.2, 0) is 0 Å². The Morgan fingerprint density at radius 3 is 2.45 bits per heavy atom. The average molecular weight is 154 g/mol. The number of hydrogen-bond acceptors (Lipinski definition) is 2. The zero-order valence-electron chi connectivity index (χ0n) is 7.83. The third kappa shape index (κ3) is 1.73. The van der Waals surface area contributed by atoms with Crippen LogP contribution in [0.4, 0.5) is 0 Å². The van der Waals surface area contributed by atoms with E-state index in [1.807, 2.05) is 6.21 Å². The predicted molar refractivity (Wildman–Crippen MR) is 48.6 cm³/mol. The van der Waals surface area contributed by atoms with Gasteiger partial charge in [0, 0.05) is 12.3 Å². The molecular formula is C9H18N2. The van der Waals surface area contributed by atoms with Crippen LogP contribution < -0.4 is 5.43 Å². The van der Waals surface area contributed by atoms with E-state index >= 15 is 0 Å². The van der Waals surface area contributed by atoms with E-state index in [4.69, 9.17) is 0 Å². The van der Waals surface area contributed by atoms with Gasteiger partial charge in [-0.25, -0.2) is 0 Å². The van der Waals surface area contributed by atoms with E-state index < -0.39 is 0 Å². The molecule has 2 unspecified atom stereocenters. The summed E-state index contributed by atoms with van der Waals surface area (Å²) in [5, 5.41) is 4.14. The van der Waals surface area contributed by atoms with E-state index in [-0.39, 0.29) is 0 Å². The van der Waals surface area contributed by atoms with Crippen LogP contribution in [0.2, 0.25) is 0 Å². The van der Waals surface area contributed by atoms with E-state index in [1.165, 1.54) is 0 Å². The van der Waals surface area contributed by atoms with Gasteiger partial charge in [0.2, 0.25) is 0 Å². The van der Waals surface area contributed by atoms with Crippen LogP contribution in [0.15, 0.2) is 5.10 Å². The maximum Gasteiger partial charge on any atom is 0.0494 e. The lowest BCUT2D eigenvalue weighted by Crippen LogP contribution is -2.42. The van der Waals surface area contributed by atoms with E-state index in [0.717, 1.165) is 0 Å². The molecule has 0 bridgehead atoms. The molecule has 1 rings (SSSR count). The normalized spacial score (nSPS) is 37.4. The van der Waals surface area contributed by atoms with Gasteiger partial charge in [-0.1, -0.05) is 27.7 Å². The van der Waals surface area contributed by atoms with Crippen molar-refractivity contribution in [2.75, 3.05) is 0 Å². The summed E-state index contributed by atoms with van der Waals surface area (Å²) in [6.07, 6.45) is 2.00. The minimum atomic E-state index is 0.551. The Labute approximate surface area is 69.1 Å². The van der Waals surface area contributed by atoms with Crippen LogP contribution in [0.1, 0.15) is 27.7 Å². The highest BCUT2D eigenvalue weighted by atomic mass is 15.3. The lowest BCUT2D eigenvalue weighted by atomic mass is 9.83. The molecule has 1 N–H and O–H groups in total. The van der Waals surface area contributed by atoms with Crippen LogP contribution in [0.3, 0.4) is 0 Å². The van der Waals surface area contributed by atoms with Gasteiger partial charge >= 0.3 is 0 Å². The zero-order chi connectivity index (χ0) is 8.43. The molecule has 0 aromatic carbocycles. The first kappa shape index (κ1) is 8.57. The van der Waals surface area contributed by atoms with Crippen molar-refractivity contribution in [3.8, 4) is 0 Å². The molecule has 11 heavy (non-hydrogen) atoms. The van der Waals surface area contributed by atoms with Crippen molar-refractivity contribution in [3.63, 3.8) is 0 Å². The van der Waals surface area contributed by atoms with Crippen molar-refractivity contribution in [2.45, 2.75) is 33.7 Å². The zero-order valence-corrected chi connectivity index (χ0v) is 7.83. The van der Waals surface area contributed by atoms with Gasteiger partial charge in [-0.05, 0) is 17.8 Å². The first-order chi connectivity index (χ1) is 5.13. The molecule has 2 nitrogen and oxygen atoms in total. The molecule has 0 spiro atoms. The lowest BCUT2D eigenvalue weighted by Gasteiger charge is -2.33. The summed E-state index contributed by atoms with van der Waals surface area (Å²) in [4.78, 5) is 0. The molecule has 1 aliphatic rings. The van der Waals surface area contributed by atoms with Crippen LogP contribution in [-0.4, -0.2) is 12.3 Å². The molecule has 0 aliphatic carbocycles. The van der Waals surface area contributed by atoms with Crippen molar-refractivity contribution >= 4 is 6.21 Å². The Morgan fingerprint density at radius 1 is 1.36 bits per heavy atom. The van der Waals surface area contributed by atoms with Gasteiger partial charge in [-0.3, -0.25) is 0 Å². The Bertz CT molecular complexity index is 152. The van der Waals surface area contributed by atoms with E-state index in [9.17, 15) is 0 Å². The second-order valence-electron chi connectivity index (χ2n) is 3.90. The van der Waals surface area contributed by atoms with Gasteiger partial charge in [0.15, 0.2) is 0 Å². The summed E-state index contributed by atoms with van der Waals surface area (Å²) in [6, 6.07) is 0.551. The topological polar surface area (TPSA) is 24.4 Å². The van der Waals surface area contributed by atoms with Gasteiger partial charge in [-0.15, -0.1) is 0 Å². The molecule has 0 aromatic heterocycles. The van der Waals surface area contributed by atoms with Crippen LogP contribution >= 0.6 is 0 Å². The molecule has 1 heterocycles. The summed E-state index contributed by atoms with van der Waals surface area (Å²) in [5.74, 6) is 1.99. The Kier molecular flexibility index (Phi) is 2.53. The minimum Gasteiger partial charge on any atom is -0.307 e. The average Bonchev–Trinajstić information content (AvgIpc) is 1.94. The van der Waals surface area contributed by atoms with Crippen molar-refractivity contribution in [1.82, 2.24) is 5.43 Å². The van der Waals surface area contributed by atoms with E-state index in [2.05, 4.69) is 38.2 Å².